The molecular formula is C14H28N2O3. The summed E-state index contributed by atoms with van der Waals surface area (Å²) in [5.41, 5.74) is -0.863. The number of hydrogen-bond donors (Lipinski definition) is 2. The van der Waals surface area contributed by atoms with Crippen molar-refractivity contribution in [3.8, 4) is 0 Å². The molecule has 1 fully saturated rings. The highest BCUT2D eigenvalue weighted by molar-refractivity contribution is 5.78. The number of rotatable bonds is 7. The smallest absolute Gasteiger partial charge is 0.323 e. The lowest BCUT2D eigenvalue weighted by Gasteiger charge is -2.39. The van der Waals surface area contributed by atoms with Crippen LogP contribution in [0.25, 0.3) is 0 Å². The van der Waals surface area contributed by atoms with E-state index >= 15 is 0 Å². The number of ether oxygens (including phenoxy) is 1. The van der Waals surface area contributed by atoms with E-state index < -0.39 is 11.5 Å². The Morgan fingerprint density at radius 2 is 2.26 bits per heavy atom. The first-order valence-corrected chi connectivity index (χ1v) is 7.05. The number of hydrogen-bond acceptors (Lipinski definition) is 4. The van der Waals surface area contributed by atoms with Crippen LogP contribution in [0.2, 0.25) is 0 Å². The molecule has 0 bridgehead atoms. The summed E-state index contributed by atoms with van der Waals surface area (Å²) in [5, 5.41) is 12.1. The molecule has 5 heteroatoms. The van der Waals surface area contributed by atoms with Gasteiger partial charge in [0.05, 0.1) is 5.60 Å². The van der Waals surface area contributed by atoms with Crippen molar-refractivity contribution in [2.75, 3.05) is 33.8 Å². The van der Waals surface area contributed by atoms with Gasteiger partial charge >= 0.3 is 5.97 Å². The van der Waals surface area contributed by atoms with Gasteiger partial charge in [-0.2, -0.15) is 0 Å². The third kappa shape index (κ3) is 4.44. The number of carbonyl (C=O) groups is 1. The molecule has 1 heterocycles. The summed E-state index contributed by atoms with van der Waals surface area (Å²) in [5.74, 6) is -0.782. The van der Waals surface area contributed by atoms with Crippen molar-refractivity contribution in [2.24, 2.45) is 0 Å². The Hall–Kier alpha value is -0.650. The number of piperidine rings is 1. The molecule has 5 nitrogen and oxygen atoms in total. The van der Waals surface area contributed by atoms with Gasteiger partial charge in [0.1, 0.15) is 5.54 Å². The summed E-state index contributed by atoms with van der Waals surface area (Å²) in [6.45, 7) is 6.84. The zero-order valence-electron chi connectivity index (χ0n) is 12.7. The van der Waals surface area contributed by atoms with Crippen LogP contribution in [0.3, 0.4) is 0 Å². The first-order chi connectivity index (χ1) is 8.85. The van der Waals surface area contributed by atoms with Gasteiger partial charge < -0.3 is 20.1 Å². The number of likely N-dealkylation sites (tertiary alicyclic amines) is 1. The number of nitrogens with zero attached hydrogens (tertiary/aromatic N) is 1. The molecule has 2 unspecified atom stereocenters. The molecule has 112 valence electrons. The van der Waals surface area contributed by atoms with E-state index in [2.05, 4.69) is 17.1 Å². The van der Waals surface area contributed by atoms with E-state index in [1.807, 2.05) is 0 Å². The molecule has 0 amide bonds. The predicted molar refractivity (Wildman–Crippen MR) is 75.4 cm³/mol. The Morgan fingerprint density at radius 3 is 2.79 bits per heavy atom. The maximum absolute atomic E-state index is 11.2. The third-order valence-electron chi connectivity index (χ3n) is 4.41. The van der Waals surface area contributed by atoms with E-state index in [1.165, 1.54) is 0 Å². The first kappa shape index (κ1) is 16.4. The SMILES string of the molecule is CNC(C)(CCCN1CCCC(C)(OC)C1)C(=O)O. The average molecular weight is 272 g/mol. The molecule has 0 saturated carbocycles. The van der Waals surface area contributed by atoms with Gasteiger partial charge in [0, 0.05) is 13.7 Å². The van der Waals surface area contributed by atoms with E-state index in [0.29, 0.717) is 6.42 Å². The predicted octanol–water partition coefficient (Wildman–Crippen LogP) is 1.33. The lowest BCUT2D eigenvalue weighted by Crippen LogP contribution is -2.49. The molecule has 2 atom stereocenters. The van der Waals surface area contributed by atoms with Crippen molar-refractivity contribution in [2.45, 2.75) is 50.7 Å². The summed E-state index contributed by atoms with van der Waals surface area (Å²) in [6.07, 6.45) is 3.76. The van der Waals surface area contributed by atoms with Crippen LogP contribution in [0.4, 0.5) is 0 Å². The van der Waals surface area contributed by atoms with Crippen LogP contribution in [0.15, 0.2) is 0 Å². The second kappa shape index (κ2) is 6.68. The lowest BCUT2D eigenvalue weighted by molar-refractivity contribution is -0.144. The minimum Gasteiger partial charge on any atom is -0.480 e. The Kier molecular flexibility index (Phi) is 5.77. The van der Waals surface area contributed by atoms with Crippen LogP contribution >= 0.6 is 0 Å². The van der Waals surface area contributed by atoms with Crippen molar-refractivity contribution in [1.82, 2.24) is 10.2 Å². The lowest BCUT2D eigenvalue weighted by atomic mass is 9.93. The zero-order chi connectivity index (χ0) is 14.5. The molecule has 0 radical (unpaired) electrons. The second-order valence-electron chi connectivity index (χ2n) is 6.02. The van der Waals surface area contributed by atoms with Crippen LogP contribution in [0.5, 0.6) is 0 Å². The fraction of sp³-hybridized carbons (Fsp3) is 0.929. The molecule has 19 heavy (non-hydrogen) atoms. The van der Waals surface area contributed by atoms with Gasteiger partial charge in [-0.3, -0.25) is 4.79 Å². The zero-order valence-corrected chi connectivity index (χ0v) is 12.7. The van der Waals surface area contributed by atoms with Crippen molar-refractivity contribution in [3.63, 3.8) is 0 Å². The van der Waals surface area contributed by atoms with Crippen LogP contribution in [0.1, 0.15) is 39.5 Å². The molecule has 0 aromatic carbocycles. The molecule has 0 aromatic rings. The molecule has 2 N–H and O–H groups in total. The normalized spacial score (nSPS) is 28.0. The van der Waals surface area contributed by atoms with Crippen molar-refractivity contribution in [1.29, 1.82) is 0 Å². The first-order valence-electron chi connectivity index (χ1n) is 7.05. The summed E-state index contributed by atoms with van der Waals surface area (Å²) in [4.78, 5) is 13.6. The number of nitrogens with one attached hydrogen (secondary N) is 1. The highest BCUT2D eigenvalue weighted by atomic mass is 16.5. The van der Waals surface area contributed by atoms with Crippen LogP contribution in [0, 0.1) is 0 Å². The van der Waals surface area contributed by atoms with Crippen LogP contribution < -0.4 is 5.32 Å². The summed E-state index contributed by atoms with van der Waals surface area (Å²) < 4.78 is 5.57. The molecular weight excluding hydrogens is 244 g/mol. The molecule has 0 aliphatic carbocycles. The van der Waals surface area contributed by atoms with Gasteiger partial charge in [0.15, 0.2) is 0 Å². The number of aliphatic carboxylic acids is 1. The van der Waals surface area contributed by atoms with E-state index in [4.69, 9.17) is 4.74 Å². The maximum atomic E-state index is 11.2. The van der Waals surface area contributed by atoms with Gasteiger partial charge in [-0.1, -0.05) is 0 Å². The molecule has 1 aliphatic rings. The third-order valence-corrected chi connectivity index (χ3v) is 4.41. The molecule has 1 aliphatic heterocycles. The van der Waals surface area contributed by atoms with Crippen LogP contribution in [-0.4, -0.2) is 60.9 Å². The van der Waals surface area contributed by atoms with Crippen LogP contribution in [-0.2, 0) is 9.53 Å². The minimum atomic E-state index is -0.819. The highest BCUT2D eigenvalue weighted by Crippen LogP contribution is 2.24. The average Bonchev–Trinajstić information content (AvgIpc) is 2.38. The summed E-state index contributed by atoms with van der Waals surface area (Å²) in [6, 6.07) is 0. The number of carboxylic acid groups (broad SMARTS) is 1. The molecule has 0 spiro atoms. The monoisotopic (exact) mass is 272 g/mol. The van der Waals surface area contributed by atoms with E-state index in [1.54, 1.807) is 21.1 Å². The Bertz CT molecular complexity index is 311. The largest absolute Gasteiger partial charge is 0.480 e. The molecule has 1 saturated heterocycles. The standard InChI is InChI=1S/C14H28N2O3/c1-13(19-4)7-5-9-16(11-13)10-6-8-14(2,15-3)12(17)18/h15H,5-11H2,1-4H3,(H,17,18). The topological polar surface area (TPSA) is 61.8 Å². The van der Waals surface area contributed by atoms with Gasteiger partial charge in [-0.25, -0.2) is 0 Å². The van der Waals surface area contributed by atoms with E-state index in [9.17, 15) is 9.90 Å². The number of likely N-dealkylation sites (N-methyl/N-ethyl adjacent to an activating group) is 1. The Morgan fingerprint density at radius 1 is 1.58 bits per heavy atom. The van der Waals surface area contributed by atoms with Gasteiger partial charge in [0.2, 0.25) is 0 Å². The number of carboxylic acids is 1. The van der Waals surface area contributed by atoms with Gasteiger partial charge in [-0.15, -0.1) is 0 Å². The second-order valence-corrected chi connectivity index (χ2v) is 6.02. The fourth-order valence-electron chi connectivity index (χ4n) is 2.66. The van der Waals surface area contributed by atoms with Crippen molar-refractivity contribution >= 4 is 5.97 Å². The Balaban J connectivity index is 2.39. The van der Waals surface area contributed by atoms with Gasteiger partial charge in [-0.05, 0) is 59.7 Å². The highest BCUT2D eigenvalue weighted by Gasteiger charge is 2.33. The summed E-state index contributed by atoms with van der Waals surface area (Å²) in [7, 11) is 3.48. The van der Waals surface area contributed by atoms with Crippen molar-refractivity contribution < 1.29 is 14.6 Å². The quantitative estimate of drug-likeness (QED) is 0.732. The Labute approximate surface area is 116 Å². The summed E-state index contributed by atoms with van der Waals surface area (Å²) >= 11 is 0. The van der Waals surface area contributed by atoms with Crippen molar-refractivity contribution in [3.05, 3.63) is 0 Å². The maximum Gasteiger partial charge on any atom is 0.323 e. The van der Waals surface area contributed by atoms with E-state index in [0.717, 1.165) is 38.9 Å². The fourth-order valence-corrected chi connectivity index (χ4v) is 2.66. The molecule has 0 aromatic heterocycles. The molecule has 1 rings (SSSR count). The van der Waals surface area contributed by atoms with E-state index in [-0.39, 0.29) is 5.60 Å². The minimum absolute atomic E-state index is 0.0443. The van der Waals surface area contributed by atoms with Gasteiger partial charge in [0.25, 0.3) is 0 Å². The number of methoxy groups -OCH3 is 1.